The molecule has 6 rings (SSSR count). The molecule has 0 aromatic heterocycles. The standard InChI is InChI=1S/C36H56O9/c1-20-17-22(30(32(5,6)41)43-21(2)39)44-28-27(20)33(7)13-14-36-19-35(36)12-11-25(45-26(18-38)42-16-15-37)31(3,4)23(35)9-10-24(36)34(33,8)29(28)40/h15,20,22-28,30,38,41H,9-14,16-19H2,1-8H3/t20-,22-,23+,24+,25+,26+,27?,28+,30+,33-,34-,35-,36+/m1/s1. The number of fused-ring (bicyclic) bond motifs is 4. The van der Waals surface area contributed by atoms with E-state index in [0.717, 1.165) is 44.9 Å². The molecule has 1 saturated heterocycles. The Bertz CT molecular complexity index is 1210. The van der Waals surface area contributed by atoms with Crippen LogP contribution in [0.1, 0.15) is 107 Å². The van der Waals surface area contributed by atoms with E-state index in [1.54, 1.807) is 13.8 Å². The Morgan fingerprint density at radius 2 is 1.76 bits per heavy atom. The van der Waals surface area contributed by atoms with Crippen LogP contribution in [0.25, 0.3) is 0 Å². The Labute approximate surface area is 268 Å². The van der Waals surface area contributed by atoms with E-state index < -0.39 is 41.6 Å². The average molecular weight is 633 g/mol. The van der Waals surface area contributed by atoms with E-state index in [0.29, 0.717) is 18.6 Å². The number of esters is 1. The number of carbonyl (C=O) groups is 3. The Morgan fingerprint density at radius 1 is 1.09 bits per heavy atom. The smallest absolute Gasteiger partial charge is 0.303 e. The number of carbonyl (C=O) groups excluding carboxylic acids is 3. The van der Waals surface area contributed by atoms with E-state index in [2.05, 4.69) is 34.6 Å². The van der Waals surface area contributed by atoms with Crippen LogP contribution in [0, 0.1) is 50.7 Å². The van der Waals surface area contributed by atoms with Crippen molar-refractivity contribution >= 4 is 18.0 Å². The van der Waals surface area contributed by atoms with E-state index >= 15 is 0 Å². The van der Waals surface area contributed by atoms with Crippen molar-refractivity contribution in [2.45, 2.75) is 143 Å². The summed E-state index contributed by atoms with van der Waals surface area (Å²) in [7, 11) is 0. The molecule has 2 N–H and O–H groups in total. The first-order valence-electron chi connectivity index (χ1n) is 17.4. The molecule has 0 aromatic rings. The Balaban J connectivity index is 1.27. The third-order valence-corrected chi connectivity index (χ3v) is 14.6. The van der Waals surface area contributed by atoms with Gasteiger partial charge in [-0.15, -0.1) is 0 Å². The van der Waals surface area contributed by atoms with Gasteiger partial charge in [0.05, 0.1) is 24.4 Å². The van der Waals surface area contributed by atoms with Gasteiger partial charge < -0.3 is 34.0 Å². The lowest BCUT2D eigenvalue weighted by Gasteiger charge is -2.62. The molecule has 254 valence electrons. The second-order valence-corrected chi connectivity index (χ2v) is 17.3. The molecule has 45 heavy (non-hydrogen) atoms. The van der Waals surface area contributed by atoms with Crippen molar-refractivity contribution in [3.8, 4) is 0 Å². The summed E-state index contributed by atoms with van der Waals surface area (Å²) >= 11 is 0. The van der Waals surface area contributed by atoms with Gasteiger partial charge in [-0.25, -0.2) is 0 Å². The highest BCUT2D eigenvalue weighted by molar-refractivity contribution is 5.93. The van der Waals surface area contributed by atoms with Gasteiger partial charge in [-0.1, -0.05) is 34.6 Å². The van der Waals surface area contributed by atoms with Gasteiger partial charge in [0.15, 0.2) is 18.2 Å². The first-order chi connectivity index (χ1) is 20.9. The van der Waals surface area contributed by atoms with E-state index in [1.165, 1.54) is 6.92 Å². The number of ketones is 1. The molecule has 1 unspecified atom stereocenters. The van der Waals surface area contributed by atoms with E-state index in [-0.39, 0.29) is 64.5 Å². The van der Waals surface area contributed by atoms with Crippen LogP contribution in [0.15, 0.2) is 0 Å². The van der Waals surface area contributed by atoms with Gasteiger partial charge in [-0.3, -0.25) is 9.59 Å². The average Bonchev–Trinajstić information content (AvgIpc) is 3.59. The van der Waals surface area contributed by atoms with Crippen molar-refractivity contribution in [2.75, 3.05) is 13.2 Å². The Kier molecular flexibility index (Phi) is 8.05. The SMILES string of the molecule is CC(=O)O[C@@H]([C@H]1C[C@@H](C)C2[C@H](O1)C(=O)[C@@]1(C)[C@@H]3CC[C@H]4C(C)(C)[C@@H](O[C@@H](CO)OCC=O)CC[C@@]45C[C@@]35CC[C@]21C)C(C)(C)O. The number of ether oxygens (including phenoxy) is 4. The summed E-state index contributed by atoms with van der Waals surface area (Å²) in [5.41, 5.74) is -1.87. The maximum atomic E-state index is 14.9. The molecule has 0 radical (unpaired) electrons. The van der Waals surface area contributed by atoms with Crippen LogP contribution in [0.3, 0.4) is 0 Å². The fourth-order valence-electron chi connectivity index (χ4n) is 12.8. The summed E-state index contributed by atoms with van der Waals surface area (Å²) in [5.74, 6) is 0.720. The van der Waals surface area contributed by atoms with Crippen LogP contribution in [0.5, 0.6) is 0 Å². The van der Waals surface area contributed by atoms with E-state index in [9.17, 15) is 24.6 Å². The molecular formula is C36H56O9. The topological polar surface area (TPSA) is 129 Å². The quantitative estimate of drug-likeness (QED) is 0.212. The first kappa shape index (κ1) is 33.5. The third kappa shape index (κ3) is 4.53. The molecule has 0 bridgehead atoms. The summed E-state index contributed by atoms with van der Waals surface area (Å²) in [4.78, 5) is 37.8. The van der Waals surface area contributed by atoms with Gasteiger partial charge >= 0.3 is 5.97 Å². The summed E-state index contributed by atoms with van der Waals surface area (Å²) < 4.78 is 24.1. The Hall–Kier alpha value is -1.39. The van der Waals surface area contributed by atoms with Gasteiger partial charge in [0.1, 0.15) is 19.0 Å². The van der Waals surface area contributed by atoms with E-state index in [1.807, 2.05) is 0 Å². The summed E-state index contributed by atoms with van der Waals surface area (Å²) in [6, 6.07) is 0. The molecule has 2 spiro atoms. The number of aliphatic hydroxyl groups is 2. The molecule has 1 aliphatic heterocycles. The number of rotatable bonds is 9. The fraction of sp³-hybridized carbons (Fsp3) is 0.917. The third-order valence-electron chi connectivity index (χ3n) is 14.6. The lowest BCUT2D eigenvalue weighted by molar-refractivity contribution is -0.237. The Morgan fingerprint density at radius 3 is 2.38 bits per heavy atom. The highest BCUT2D eigenvalue weighted by Gasteiger charge is 2.85. The van der Waals surface area contributed by atoms with Crippen molar-refractivity contribution in [1.29, 1.82) is 0 Å². The molecule has 5 aliphatic carbocycles. The summed E-state index contributed by atoms with van der Waals surface area (Å²) in [6.07, 6.45) is 5.62. The highest BCUT2D eigenvalue weighted by atomic mass is 16.7. The second-order valence-electron chi connectivity index (χ2n) is 17.3. The molecule has 0 amide bonds. The number of aldehydes is 1. The highest BCUT2D eigenvalue weighted by Crippen LogP contribution is 2.89. The molecule has 9 nitrogen and oxygen atoms in total. The predicted molar refractivity (Wildman–Crippen MR) is 165 cm³/mol. The maximum Gasteiger partial charge on any atom is 0.303 e. The van der Waals surface area contributed by atoms with Crippen molar-refractivity contribution in [1.82, 2.24) is 0 Å². The van der Waals surface area contributed by atoms with E-state index in [4.69, 9.17) is 18.9 Å². The molecule has 9 heteroatoms. The zero-order valence-corrected chi connectivity index (χ0v) is 28.6. The van der Waals surface area contributed by atoms with Gasteiger partial charge in [-0.2, -0.15) is 0 Å². The van der Waals surface area contributed by atoms with Crippen molar-refractivity contribution < 1.29 is 43.5 Å². The van der Waals surface area contributed by atoms with Crippen LogP contribution in [0.2, 0.25) is 0 Å². The normalized spacial score (nSPS) is 47.7. The molecule has 1 heterocycles. The molecule has 0 aromatic carbocycles. The van der Waals surface area contributed by atoms with Crippen LogP contribution >= 0.6 is 0 Å². The number of Topliss-reactive ketones (excluding diaryl/α,β-unsaturated/α-hetero) is 1. The van der Waals surface area contributed by atoms with Crippen LogP contribution in [-0.4, -0.2) is 77.8 Å². The zero-order valence-electron chi connectivity index (χ0n) is 28.6. The summed E-state index contributed by atoms with van der Waals surface area (Å²) in [5, 5.41) is 20.8. The van der Waals surface area contributed by atoms with Crippen molar-refractivity contribution in [3.63, 3.8) is 0 Å². The molecular weight excluding hydrogens is 576 g/mol. The summed E-state index contributed by atoms with van der Waals surface area (Å²) in [6.45, 7) is 15.7. The van der Waals surface area contributed by atoms with Crippen LogP contribution < -0.4 is 0 Å². The van der Waals surface area contributed by atoms with Gasteiger partial charge in [0.25, 0.3) is 0 Å². The number of aliphatic hydroxyl groups excluding tert-OH is 1. The largest absolute Gasteiger partial charge is 0.457 e. The minimum absolute atomic E-state index is 0.0816. The molecule has 5 saturated carbocycles. The molecule has 13 atom stereocenters. The van der Waals surface area contributed by atoms with Crippen molar-refractivity contribution in [2.24, 2.45) is 50.7 Å². The minimum Gasteiger partial charge on any atom is -0.457 e. The van der Waals surface area contributed by atoms with Gasteiger partial charge in [0, 0.05) is 18.3 Å². The lowest BCUT2D eigenvalue weighted by atomic mass is 9.41. The second kappa shape index (κ2) is 10.8. The number of hydrogen-bond donors (Lipinski definition) is 2. The van der Waals surface area contributed by atoms with Crippen molar-refractivity contribution in [3.05, 3.63) is 0 Å². The molecule has 6 fully saturated rings. The number of hydrogen-bond acceptors (Lipinski definition) is 9. The van der Waals surface area contributed by atoms with Gasteiger partial charge in [0.2, 0.25) is 0 Å². The monoisotopic (exact) mass is 632 g/mol. The zero-order chi connectivity index (χ0) is 33.0. The predicted octanol–water partition coefficient (Wildman–Crippen LogP) is 4.63. The maximum absolute atomic E-state index is 14.9. The van der Waals surface area contributed by atoms with Crippen LogP contribution in [-0.2, 0) is 33.3 Å². The van der Waals surface area contributed by atoms with Gasteiger partial charge in [-0.05, 0) is 105 Å². The molecule has 6 aliphatic rings. The van der Waals surface area contributed by atoms with Crippen LogP contribution in [0.4, 0.5) is 0 Å². The lowest BCUT2D eigenvalue weighted by Crippen LogP contribution is -2.59. The fourth-order valence-corrected chi connectivity index (χ4v) is 12.8. The first-order valence-corrected chi connectivity index (χ1v) is 17.4. The minimum atomic E-state index is -1.30.